The molecule has 0 saturated carbocycles. The molecule has 1 heterocycles. The van der Waals surface area contributed by atoms with Crippen LogP contribution in [0.25, 0.3) is 0 Å². The summed E-state index contributed by atoms with van der Waals surface area (Å²) < 4.78 is 5.20. The van der Waals surface area contributed by atoms with Crippen molar-refractivity contribution in [2.45, 2.75) is 25.8 Å². The lowest BCUT2D eigenvalue weighted by Gasteiger charge is -2.22. The molecular weight excluding hydrogens is 172 g/mol. The molecule has 0 bridgehead atoms. The molecule has 0 aromatic carbocycles. The first-order valence-corrected chi connectivity index (χ1v) is 4.59. The van der Waals surface area contributed by atoms with Crippen LogP contribution in [0.15, 0.2) is 0 Å². The van der Waals surface area contributed by atoms with Gasteiger partial charge in [0, 0.05) is 6.61 Å². The van der Waals surface area contributed by atoms with E-state index in [2.05, 4.69) is 10.8 Å². The van der Waals surface area contributed by atoms with Crippen molar-refractivity contribution in [1.29, 1.82) is 0 Å². The number of urea groups is 1. The first-order valence-electron chi connectivity index (χ1n) is 4.59. The highest BCUT2D eigenvalue weighted by Crippen LogP contribution is 2.04. The third-order valence-electron chi connectivity index (χ3n) is 1.80. The van der Waals surface area contributed by atoms with E-state index in [4.69, 9.17) is 9.57 Å². The van der Waals surface area contributed by atoms with Crippen LogP contribution in [0.4, 0.5) is 4.79 Å². The first kappa shape index (κ1) is 10.3. The minimum Gasteiger partial charge on any atom is -0.379 e. The first-order chi connectivity index (χ1) is 6.33. The minimum absolute atomic E-state index is 0.120. The van der Waals surface area contributed by atoms with E-state index < -0.39 is 0 Å². The number of rotatable bonds is 3. The van der Waals surface area contributed by atoms with Gasteiger partial charge in [0.05, 0.1) is 19.3 Å². The molecule has 0 radical (unpaired) electrons. The monoisotopic (exact) mass is 188 g/mol. The van der Waals surface area contributed by atoms with Gasteiger partial charge in [-0.05, 0) is 19.8 Å². The Hall–Kier alpha value is -0.810. The molecule has 5 heteroatoms. The van der Waals surface area contributed by atoms with Crippen LogP contribution in [0.3, 0.4) is 0 Å². The van der Waals surface area contributed by atoms with E-state index in [-0.39, 0.29) is 12.1 Å². The summed E-state index contributed by atoms with van der Waals surface area (Å²) in [6, 6.07) is -0.174. The normalized spacial score (nSPS) is 22.4. The molecule has 2 amide bonds. The number of hydrogen-bond donors (Lipinski definition) is 2. The zero-order chi connectivity index (χ0) is 9.52. The van der Waals surface area contributed by atoms with E-state index in [1.165, 1.54) is 0 Å². The topological polar surface area (TPSA) is 59.6 Å². The van der Waals surface area contributed by atoms with Crippen LogP contribution in [0.5, 0.6) is 0 Å². The summed E-state index contributed by atoms with van der Waals surface area (Å²) in [5.41, 5.74) is 2.27. The van der Waals surface area contributed by atoms with Gasteiger partial charge >= 0.3 is 6.03 Å². The van der Waals surface area contributed by atoms with Crippen LogP contribution >= 0.6 is 0 Å². The molecule has 13 heavy (non-hydrogen) atoms. The molecule has 76 valence electrons. The Morgan fingerprint density at radius 3 is 3.15 bits per heavy atom. The van der Waals surface area contributed by atoms with Gasteiger partial charge in [0.15, 0.2) is 0 Å². The molecule has 1 saturated heterocycles. The summed E-state index contributed by atoms with van der Waals surface area (Å²) in [5, 5.41) is 2.75. The van der Waals surface area contributed by atoms with Crippen LogP contribution in [-0.2, 0) is 9.57 Å². The molecule has 0 aromatic heterocycles. The van der Waals surface area contributed by atoms with Crippen molar-refractivity contribution in [3.8, 4) is 0 Å². The number of ether oxygens (including phenoxy) is 1. The van der Waals surface area contributed by atoms with Gasteiger partial charge in [0.1, 0.15) is 0 Å². The van der Waals surface area contributed by atoms with Gasteiger partial charge in [-0.1, -0.05) is 0 Å². The van der Waals surface area contributed by atoms with Crippen molar-refractivity contribution in [3.05, 3.63) is 0 Å². The minimum atomic E-state index is -0.294. The molecule has 1 fully saturated rings. The maximum Gasteiger partial charge on any atom is 0.339 e. The van der Waals surface area contributed by atoms with Crippen molar-refractivity contribution >= 4 is 6.03 Å². The van der Waals surface area contributed by atoms with Crippen molar-refractivity contribution < 1.29 is 14.4 Å². The number of hydrogen-bond acceptors (Lipinski definition) is 3. The summed E-state index contributed by atoms with van der Waals surface area (Å²) >= 11 is 0. The van der Waals surface area contributed by atoms with E-state index >= 15 is 0 Å². The maximum absolute atomic E-state index is 11.1. The fourth-order valence-corrected chi connectivity index (χ4v) is 1.21. The Bertz CT molecular complexity index is 157. The average molecular weight is 188 g/mol. The Morgan fingerprint density at radius 1 is 1.69 bits per heavy atom. The van der Waals surface area contributed by atoms with Gasteiger partial charge in [0.2, 0.25) is 0 Å². The summed E-state index contributed by atoms with van der Waals surface area (Å²) in [5.74, 6) is 0. The van der Waals surface area contributed by atoms with Gasteiger partial charge < -0.3 is 10.1 Å². The quantitative estimate of drug-likeness (QED) is 0.631. The summed E-state index contributed by atoms with van der Waals surface area (Å²) in [7, 11) is 0. The number of carbonyl (C=O) groups is 1. The molecular formula is C8H16N2O3. The summed E-state index contributed by atoms with van der Waals surface area (Å²) in [6.07, 6.45) is 1.97. The van der Waals surface area contributed by atoms with Crippen molar-refractivity contribution in [2.24, 2.45) is 0 Å². The van der Waals surface area contributed by atoms with Gasteiger partial charge in [-0.15, -0.1) is 0 Å². The smallest absolute Gasteiger partial charge is 0.339 e. The zero-order valence-electron chi connectivity index (χ0n) is 7.84. The molecule has 5 nitrogen and oxygen atoms in total. The molecule has 0 spiro atoms. The molecule has 1 aliphatic heterocycles. The highest BCUT2D eigenvalue weighted by Gasteiger charge is 2.15. The second-order valence-electron chi connectivity index (χ2n) is 2.92. The Labute approximate surface area is 77.7 Å². The number of amides is 2. The highest BCUT2D eigenvalue weighted by atomic mass is 16.7. The fraction of sp³-hybridized carbons (Fsp3) is 0.875. The van der Waals surface area contributed by atoms with E-state index in [9.17, 15) is 4.79 Å². The van der Waals surface area contributed by atoms with Crippen LogP contribution in [0.2, 0.25) is 0 Å². The Balaban J connectivity index is 2.11. The third kappa shape index (κ3) is 4.10. The second-order valence-corrected chi connectivity index (χ2v) is 2.92. The molecule has 0 aromatic rings. The molecule has 1 unspecified atom stereocenters. The van der Waals surface area contributed by atoms with Gasteiger partial charge in [-0.2, -0.15) is 0 Å². The second kappa shape index (κ2) is 5.77. The number of carbonyl (C=O) groups excluding carboxylic acids is 1. The van der Waals surface area contributed by atoms with Gasteiger partial charge in [0.25, 0.3) is 0 Å². The van der Waals surface area contributed by atoms with E-state index in [0.29, 0.717) is 13.2 Å². The molecule has 1 aliphatic rings. The van der Waals surface area contributed by atoms with Crippen molar-refractivity contribution in [3.63, 3.8) is 0 Å². The van der Waals surface area contributed by atoms with Gasteiger partial charge in [-0.3, -0.25) is 4.84 Å². The van der Waals surface area contributed by atoms with Crippen LogP contribution < -0.4 is 10.8 Å². The van der Waals surface area contributed by atoms with Gasteiger partial charge in [-0.25, -0.2) is 10.3 Å². The lowest BCUT2D eigenvalue weighted by Crippen LogP contribution is -2.45. The molecule has 1 rings (SSSR count). The van der Waals surface area contributed by atoms with Crippen LogP contribution in [-0.4, -0.2) is 31.9 Å². The molecule has 2 N–H and O–H groups in total. The average Bonchev–Trinajstić information content (AvgIpc) is 2.16. The van der Waals surface area contributed by atoms with Crippen molar-refractivity contribution in [1.82, 2.24) is 10.8 Å². The van der Waals surface area contributed by atoms with Crippen LogP contribution in [0, 0.1) is 0 Å². The summed E-state index contributed by atoms with van der Waals surface area (Å²) in [4.78, 5) is 15.8. The Morgan fingerprint density at radius 2 is 2.54 bits per heavy atom. The predicted molar refractivity (Wildman–Crippen MR) is 47.1 cm³/mol. The predicted octanol–water partition coefficient (Wildman–Crippen LogP) is 0.416. The molecule has 1 atom stereocenters. The standard InChI is InChI=1S/C8H16N2O3/c1-2-13-10-8(11)9-7-4-3-5-12-6-7/h7H,2-6H2,1H3,(H2,9,10,11). The van der Waals surface area contributed by atoms with E-state index in [1.54, 1.807) is 0 Å². The van der Waals surface area contributed by atoms with Crippen LogP contribution in [0.1, 0.15) is 19.8 Å². The zero-order valence-corrected chi connectivity index (χ0v) is 7.84. The lowest BCUT2D eigenvalue weighted by molar-refractivity contribution is 0.0540. The SMILES string of the molecule is CCONC(=O)NC1CCCOC1. The van der Waals surface area contributed by atoms with E-state index in [0.717, 1.165) is 19.4 Å². The largest absolute Gasteiger partial charge is 0.379 e. The van der Waals surface area contributed by atoms with E-state index in [1.807, 2.05) is 6.92 Å². The molecule has 0 aliphatic carbocycles. The maximum atomic E-state index is 11.1. The fourth-order valence-electron chi connectivity index (χ4n) is 1.21. The lowest BCUT2D eigenvalue weighted by atomic mass is 10.1. The van der Waals surface area contributed by atoms with Crippen molar-refractivity contribution in [2.75, 3.05) is 19.8 Å². The summed E-state index contributed by atoms with van der Waals surface area (Å²) in [6.45, 7) is 3.67. The number of nitrogens with one attached hydrogen (secondary N) is 2. The third-order valence-corrected chi connectivity index (χ3v) is 1.80. The number of hydroxylamine groups is 1. The Kier molecular flexibility index (Phi) is 4.56. The highest BCUT2D eigenvalue weighted by molar-refractivity contribution is 5.73.